The highest BCUT2D eigenvalue weighted by Gasteiger charge is 2.12. The fourth-order valence-electron chi connectivity index (χ4n) is 1.99. The summed E-state index contributed by atoms with van der Waals surface area (Å²) in [6.07, 6.45) is 4.90. The van der Waals surface area contributed by atoms with Crippen molar-refractivity contribution in [3.63, 3.8) is 0 Å². The molecule has 0 spiro atoms. The van der Waals surface area contributed by atoms with E-state index in [-0.39, 0.29) is 0 Å². The third kappa shape index (κ3) is 2.66. The molecular formula is C13H17N3. The van der Waals surface area contributed by atoms with Gasteiger partial charge in [0.2, 0.25) is 0 Å². The average molecular weight is 215 g/mol. The second-order valence-corrected chi connectivity index (χ2v) is 3.90. The minimum Gasteiger partial charge on any atom is -0.368 e. The van der Waals surface area contributed by atoms with Gasteiger partial charge in [-0.3, -0.25) is 4.98 Å². The molecule has 0 aliphatic carbocycles. The average Bonchev–Trinajstić information content (AvgIpc) is 2.57. The van der Waals surface area contributed by atoms with Gasteiger partial charge in [0, 0.05) is 38.4 Å². The molecule has 2 heterocycles. The molecule has 0 bridgehead atoms. The maximum absolute atomic E-state index is 4.16. The molecule has 0 unspecified atom stereocenters. The molecule has 0 N–H and O–H groups in total. The molecule has 1 aromatic rings. The lowest BCUT2D eigenvalue weighted by Crippen LogP contribution is -2.28. The van der Waals surface area contributed by atoms with E-state index in [1.165, 1.54) is 5.69 Å². The Labute approximate surface area is 97.1 Å². The Morgan fingerprint density at radius 3 is 2.94 bits per heavy atom. The number of aromatic nitrogens is 1. The smallest absolute Gasteiger partial charge is 0.0553 e. The maximum atomic E-state index is 4.16. The molecule has 16 heavy (non-hydrogen) atoms. The van der Waals surface area contributed by atoms with E-state index in [1.807, 2.05) is 25.4 Å². The zero-order valence-electron chi connectivity index (χ0n) is 9.69. The summed E-state index contributed by atoms with van der Waals surface area (Å²) < 4.78 is 0. The Morgan fingerprint density at radius 2 is 2.19 bits per heavy atom. The molecule has 84 valence electrons. The first-order valence-corrected chi connectivity index (χ1v) is 5.72. The van der Waals surface area contributed by atoms with E-state index < -0.39 is 0 Å². The van der Waals surface area contributed by atoms with Crippen LogP contribution in [0.4, 0.5) is 5.69 Å². The number of pyridine rings is 1. The van der Waals surface area contributed by atoms with E-state index in [0.717, 1.165) is 32.6 Å². The molecule has 1 saturated heterocycles. The van der Waals surface area contributed by atoms with Crippen molar-refractivity contribution in [2.45, 2.75) is 13.3 Å². The van der Waals surface area contributed by atoms with Crippen molar-refractivity contribution >= 4 is 5.69 Å². The summed E-state index contributed by atoms with van der Waals surface area (Å²) in [4.78, 5) is 8.75. The van der Waals surface area contributed by atoms with Crippen molar-refractivity contribution in [3.05, 3.63) is 24.5 Å². The summed E-state index contributed by atoms with van der Waals surface area (Å²) in [6, 6.07) is 7.25. The summed E-state index contributed by atoms with van der Waals surface area (Å²) >= 11 is 0. The molecule has 1 aromatic heterocycles. The van der Waals surface area contributed by atoms with Gasteiger partial charge in [-0.25, -0.2) is 0 Å². The molecule has 1 aliphatic rings. The summed E-state index contributed by atoms with van der Waals surface area (Å²) in [5, 5.41) is 0. The summed E-state index contributed by atoms with van der Waals surface area (Å²) in [6.45, 7) is 6.09. The van der Waals surface area contributed by atoms with Crippen LogP contribution in [-0.4, -0.2) is 36.1 Å². The van der Waals surface area contributed by atoms with Crippen molar-refractivity contribution in [1.29, 1.82) is 0 Å². The quantitative estimate of drug-likeness (QED) is 0.663. The van der Waals surface area contributed by atoms with Crippen LogP contribution >= 0.6 is 0 Å². The zero-order valence-corrected chi connectivity index (χ0v) is 9.69. The Kier molecular flexibility index (Phi) is 3.66. The van der Waals surface area contributed by atoms with Gasteiger partial charge in [-0.05, 0) is 25.5 Å². The van der Waals surface area contributed by atoms with E-state index in [2.05, 4.69) is 32.8 Å². The van der Waals surface area contributed by atoms with Crippen LogP contribution in [0.1, 0.15) is 13.3 Å². The summed E-state index contributed by atoms with van der Waals surface area (Å²) in [5.41, 5.74) is 1.22. The molecule has 3 heteroatoms. The highest BCUT2D eigenvalue weighted by atomic mass is 15.2. The predicted molar refractivity (Wildman–Crippen MR) is 66.1 cm³/mol. The van der Waals surface area contributed by atoms with E-state index in [9.17, 15) is 0 Å². The van der Waals surface area contributed by atoms with Gasteiger partial charge in [0.1, 0.15) is 0 Å². The molecular weight excluding hydrogens is 198 g/mol. The van der Waals surface area contributed by atoms with Crippen molar-refractivity contribution in [3.8, 4) is 12.0 Å². The second-order valence-electron chi connectivity index (χ2n) is 3.90. The van der Waals surface area contributed by atoms with Gasteiger partial charge in [-0.1, -0.05) is 5.92 Å². The third-order valence-electron chi connectivity index (χ3n) is 2.78. The summed E-state index contributed by atoms with van der Waals surface area (Å²) in [7, 11) is 0. The first-order valence-electron chi connectivity index (χ1n) is 5.72. The van der Waals surface area contributed by atoms with Gasteiger partial charge < -0.3 is 9.80 Å². The largest absolute Gasteiger partial charge is 0.368 e. The molecule has 0 radical (unpaired) electrons. The molecule has 2 rings (SSSR count). The first-order chi connectivity index (χ1) is 7.90. The Balaban J connectivity index is 2.01. The molecule has 0 amide bonds. The topological polar surface area (TPSA) is 19.4 Å². The Morgan fingerprint density at radius 1 is 1.25 bits per heavy atom. The number of rotatable bonds is 1. The fraction of sp³-hybridized carbons (Fsp3) is 0.462. The van der Waals surface area contributed by atoms with Crippen molar-refractivity contribution in [2.24, 2.45) is 0 Å². The van der Waals surface area contributed by atoms with E-state index in [1.54, 1.807) is 0 Å². The lowest BCUT2D eigenvalue weighted by atomic mass is 10.3. The SMILES string of the molecule is CC#CN1CCCN(c2cccnc2)CC1. The minimum atomic E-state index is 1.01. The van der Waals surface area contributed by atoms with Gasteiger partial charge in [0.25, 0.3) is 0 Å². The highest BCUT2D eigenvalue weighted by molar-refractivity contribution is 5.43. The number of nitrogens with zero attached hydrogens (tertiary/aromatic N) is 3. The van der Waals surface area contributed by atoms with Gasteiger partial charge in [-0.15, -0.1) is 0 Å². The number of anilines is 1. The van der Waals surface area contributed by atoms with Gasteiger partial charge in [-0.2, -0.15) is 0 Å². The predicted octanol–water partition coefficient (Wildman–Crippen LogP) is 1.57. The first kappa shape index (κ1) is 10.8. The number of hydrogen-bond donors (Lipinski definition) is 0. The van der Waals surface area contributed by atoms with E-state index in [0.29, 0.717) is 0 Å². The van der Waals surface area contributed by atoms with Crippen LogP contribution in [0.2, 0.25) is 0 Å². The normalized spacial score (nSPS) is 16.3. The van der Waals surface area contributed by atoms with Crippen LogP contribution in [-0.2, 0) is 0 Å². The van der Waals surface area contributed by atoms with Gasteiger partial charge in [0.15, 0.2) is 0 Å². The van der Waals surface area contributed by atoms with Crippen molar-refractivity contribution < 1.29 is 0 Å². The van der Waals surface area contributed by atoms with Crippen LogP contribution in [0.3, 0.4) is 0 Å². The highest BCUT2D eigenvalue weighted by Crippen LogP contribution is 2.14. The summed E-state index contributed by atoms with van der Waals surface area (Å²) in [5.74, 6) is 2.96. The van der Waals surface area contributed by atoms with Crippen LogP contribution in [0.25, 0.3) is 0 Å². The van der Waals surface area contributed by atoms with Crippen LogP contribution < -0.4 is 4.90 Å². The molecule has 0 aromatic carbocycles. The number of hydrogen-bond acceptors (Lipinski definition) is 3. The maximum Gasteiger partial charge on any atom is 0.0553 e. The molecule has 1 aliphatic heterocycles. The Bertz CT molecular complexity index is 377. The minimum absolute atomic E-state index is 1.01. The van der Waals surface area contributed by atoms with Gasteiger partial charge in [0.05, 0.1) is 11.9 Å². The monoisotopic (exact) mass is 215 g/mol. The lowest BCUT2D eigenvalue weighted by Gasteiger charge is -2.21. The van der Waals surface area contributed by atoms with Crippen LogP contribution in [0.5, 0.6) is 0 Å². The second kappa shape index (κ2) is 5.41. The molecule has 0 atom stereocenters. The lowest BCUT2D eigenvalue weighted by molar-refractivity contribution is 0.427. The van der Waals surface area contributed by atoms with Gasteiger partial charge >= 0.3 is 0 Å². The van der Waals surface area contributed by atoms with Crippen molar-refractivity contribution in [1.82, 2.24) is 9.88 Å². The zero-order chi connectivity index (χ0) is 11.2. The molecule has 3 nitrogen and oxygen atoms in total. The third-order valence-corrected chi connectivity index (χ3v) is 2.78. The molecule has 1 fully saturated rings. The molecule has 0 saturated carbocycles. The fourth-order valence-corrected chi connectivity index (χ4v) is 1.99. The van der Waals surface area contributed by atoms with Crippen LogP contribution in [0.15, 0.2) is 24.5 Å². The van der Waals surface area contributed by atoms with Crippen LogP contribution in [0, 0.1) is 12.0 Å². The van der Waals surface area contributed by atoms with E-state index in [4.69, 9.17) is 0 Å². The van der Waals surface area contributed by atoms with E-state index >= 15 is 0 Å². The standard InChI is InChI=1S/C13H17N3/c1-2-7-15-8-4-9-16(11-10-15)13-5-3-6-14-12-13/h3,5-6,12H,4,8-11H2,1H3. The van der Waals surface area contributed by atoms with Crippen molar-refractivity contribution in [2.75, 3.05) is 31.1 Å². The Hall–Kier alpha value is -1.69.